The van der Waals surface area contributed by atoms with E-state index in [4.69, 9.17) is 0 Å². The Morgan fingerprint density at radius 2 is 1.32 bits per heavy atom. The Bertz CT molecular complexity index is 1410. The average Bonchev–Trinajstić information content (AvgIpc) is 2.82. The van der Waals surface area contributed by atoms with Gasteiger partial charge in [0, 0.05) is 11.4 Å². The van der Waals surface area contributed by atoms with E-state index in [9.17, 15) is 22.7 Å². The van der Waals surface area contributed by atoms with Crippen LogP contribution < -0.4 is 15.4 Å². The quantitative estimate of drug-likeness (QED) is 0.213. The van der Waals surface area contributed by atoms with Gasteiger partial charge < -0.3 is 15.7 Å². The minimum Gasteiger partial charge on any atom is -0.506 e. The normalized spacial score (nSPS) is 11.0. The molecule has 34 heavy (non-hydrogen) atoms. The minimum absolute atomic E-state index is 0.144. The lowest BCUT2D eigenvalue weighted by molar-refractivity contribution is 0.262. The Morgan fingerprint density at radius 1 is 0.735 bits per heavy atom. The molecule has 0 saturated carbocycles. The van der Waals surface area contributed by atoms with Gasteiger partial charge in [0.1, 0.15) is 11.6 Å². The average molecular weight is 478 g/mol. The number of carbonyl (C=O) groups excluding carboxylic acids is 1. The molecule has 0 fully saturated rings. The molecule has 0 unspecified atom stereocenters. The van der Waals surface area contributed by atoms with Gasteiger partial charge in [-0.2, -0.15) is 0 Å². The van der Waals surface area contributed by atoms with Crippen molar-refractivity contribution >= 4 is 33.1 Å². The van der Waals surface area contributed by atoms with Crippen LogP contribution in [0.5, 0.6) is 5.75 Å². The number of amides is 2. The summed E-state index contributed by atoms with van der Waals surface area (Å²) in [6, 6.07) is 24.7. The SMILES string of the molecule is O=C(Nc1ccc(-c2ccccc2)cc1)Nc1ccc(O)c(NS(=O)(=O)c2ccc(F)cc2)c1. The van der Waals surface area contributed by atoms with Crippen LogP contribution in [0.1, 0.15) is 0 Å². The third kappa shape index (κ3) is 5.51. The van der Waals surface area contributed by atoms with Crippen molar-refractivity contribution in [2.75, 3.05) is 15.4 Å². The summed E-state index contributed by atoms with van der Waals surface area (Å²) in [6.07, 6.45) is 0. The zero-order valence-corrected chi connectivity index (χ0v) is 18.5. The van der Waals surface area contributed by atoms with Crippen LogP contribution in [0.15, 0.2) is 102 Å². The first kappa shape index (κ1) is 22.8. The number of carbonyl (C=O) groups is 1. The standard InChI is InChI=1S/C25H20FN3O4S/c26-19-8-13-22(14-9-19)34(32,33)29-23-16-21(12-15-24(23)30)28-25(31)27-20-10-6-18(7-11-20)17-4-2-1-3-5-17/h1-16,29-30H,(H2,27,28,31). The predicted octanol–water partition coefficient (Wildman–Crippen LogP) is 5.64. The number of anilines is 3. The lowest BCUT2D eigenvalue weighted by Crippen LogP contribution is -2.19. The fraction of sp³-hybridized carbons (Fsp3) is 0. The van der Waals surface area contributed by atoms with Crippen molar-refractivity contribution in [1.29, 1.82) is 0 Å². The molecular weight excluding hydrogens is 457 g/mol. The molecule has 0 aromatic heterocycles. The smallest absolute Gasteiger partial charge is 0.323 e. The van der Waals surface area contributed by atoms with E-state index in [2.05, 4.69) is 15.4 Å². The van der Waals surface area contributed by atoms with Gasteiger partial charge in [0.15, 0.2) is 0 Å². The van der Waals surface area contributed by atoms with Gasteiger partial charge in [-0.1, -0.05) is 42.5 Å². The Kier molecular flexibility index (Phi) is 6.46. The third-order valence-electron chi connectivity index (χ3n) is 4.87. The van der Waals surface area contributed by atoms with Gasteiger partial charge in [-0.25, -0.2) is 17.6 Å². The first-order valence-corrected chi connectivity index (χ1v) is 11.6. The van der Waals surface area contributed by atoms with Crippen molar-refractivity contribution < 1.29 is 22.7 Å². The fourth-order valence-corrected chi connectivity index (χ4v) is 4.25. The highest BCUT2D eigenvalue weighted by molar-refractivity contribution is 7.92. The van der Waals surface area contributed by atoms with Crippen molar-refractivity contribution in [1.82, 2.24) is 0 Å². The maximum atomic E-state index is 13.1. The molecule has 0 atom stereocenters. The molecule has 7 nitrogen and oxygen atoms in total. The molecule has 0 radical (unpaired) electrons. The molecule has 0 aliphatic heterocycles. The summed E-state index contributed by atoms with van der Waals surface area (Å²) < 4.78 is 40.4. The first-order valence-electron chi connectivity index (χ1n) is 10.1. The molecule has 0 spiro atoms. The second-order valence-electron chi connectivity index (χ2n) is 7.31. The number of nitrogens with one attached hydrogen (secondary N) is 3. The maximum absolute atomic E-state index is 13.1. The van der Waals surface area contributed by atoms with Gasteiger partial charge in [-0.3, -0.25) is 4.72 Å². The number of halogens is 1. The lowest BCUT2D eigenvalue weighted by Gasteiger charge is -2.13. The van der Waals surface area contributed by atoms with Crippen LogP contribution in [0.3, 0.4) is 0 Å². The topological polar surface area (TPSA) is 108 Å². The summed E-state index contributed by atoms with van der Waals surface area (Å²) in [4.78, 5) is 12.2. The van der Waals surface area contributed by atoms with Crippen LogP contribution in [0, 0.1) is 5.82 Å². The summed E-state index contributed by atoms with van der Waals surface area (Å²) in [5.74, 6) is -0.915. The van der Waals surface area contributed by atoms with E-state index in [1.807, 2.05) is 42.5 Å². The van der Waals surface area contributed by atoms with E-state index in [1.54, 1.807) is 12.1 Å². The minimum atomic E-state index is -4.08. The number of rotatable bonds is 6. The Hall–Kier alpha value is -4.37. The van der Waals surface area contributed by atoms with Crippen LogP contribution in [-0.2, 0) is 10.0 Å². The van der Waals surface area contributed by atoms with Gasteiger partial charge in [0.2, 0.25) is 0 Å². The number of urea groups is 1. The van der Waals surface area contributed by atoms with Crippen LogP contribution in [-0.4, -0.2) is 19.6 Å². The van der Waals surface area contributed by atoms with Crippen LogP contribution in [0.2, 0.25) is 0 Å². The molecule has 4 aromatic rings. The number of hydrogen-bond donors (Lipinski definition) is 4. The number of benzene rings is 4. The van der Waals surface area contributed by atoms with Crippen molar-refractivity contribution in [3.8, 4) is 16.9 Å². The van der Waals surface area contributed by atoms with Crippen LogP contribution in [0.4, 0.5) is 26.2 Å². The monoisotopic (exact) mass is 477 g/mol. The van der Waals surface area contributed by atoms with E-state index in [1.165, 1.54) is 18.2 Å². The van der Waals surface area contributed by atoms with Gasteiger partial charge >= 0.3 is 6.03 Å². The summed E-state index contributed by atoms with van der Waals surface area (Å²) in [7, 11) is -4.08. The van der Waals surface area contributed by atoms with Crippen molar-refractivity contribution in [3.63, 3.8) is 0 Å². The summed E-state index contributed by atoms with van der Waals surface area (Å²) >= 11 is 0. The molecule has 9 heteroatoms. The molecule has 4 aromatic carbocycles. The molecule has 172 valence electrons. The molecule has 0 heterocycles. The van der Waals surface area contributed by atoms with Gasteiger partial charge in [0.25, 0.3) is 10.0 Å². The number of sulfonamides is 1. The Morgan fingerprint density at radius 3 is 2.00 bits per heavy atom. The van der Waals surface area contributed by atoms with Crippen LogP contribution in [0.25, 0.3) is 11.1 Å². The number of phenols is 1. The number of hydrogen-bond acceptors (Lipinski definition) is 4. The van der Waals surface area contributed by atoms with E-state index in [0.29, 0.717) is 5.69 Å². The fourth-order valence-electron chi connectivity index (χ4n) is 3.18. The largest absolute Gasteiger partial charge is 0.506 e. The second kappa shape index (κ2) is 9.63. The highest BCUT2D eigenvalue weighted by Gasteiger charge is 2.17. The van der Waals surface area contributed by atoms with Gasteiger partial charge in [0.05, 0.1) is 10.6 Å². The van der Waals surface area contributed by atoms with Gasteiger partial charge in [-0.15, -0.1) is 0 Å². The lowest BCUT2D eigenvalue weighted by atomic mass is 10.1. The zero-order chi connectivity index (χ0) is 24.1. The molecule has 0 bridgehead atoms. The molecule has 0 aliphatic rings. The molecule has 4 rings (SSSR count). The van der Waals surface area contributed by atoms with Crippen molar-refractivity contribution in [3.05, 3.63) is 103 Å². The summed E-state index contributed by atoms with van der Waals surface area (Å²) in [5.41, 5.74) is 2.72. The summed E-state index contributed by atoms with van der Waals surface area (Å²) in [6.45, 7) is 0. The molecule has 0 aliphatic carbocycles. The highest BCUT2D eigenvalue weighted by Crippen LogP contribution is 2.29. The highest BCUT2D eigenvalue weighted by atomic mass is 32.2. The van der Waals surface area contributed by atoms with E-state index in [-0.39, 0.29) is 22.0 Å². The molecule has 4 N–H and O–H groups in total. The number of aromatic hydroxyl groups is 1. The second-order valence-corrected chi connectivity index (χ2v) is 9.00. The van der Waals surface area contributed by atoms with E-state index >= 15 is 0 Å². The Balaban J connectivity index is 1.43. The van der Waals surface area contributed by atoms with E-state index < -0.39 is 21.9 Å². The van der Waals surface area contributed by atoms with Crippen molar-refractivity contribution in [2.45, 2.75) is 4.90 Å². The zero-order valence-electron chi connectivity index (χ0n) is 17.7. The molecule has 2 amide bonds. The van der Waals surface area contributed by atoms with Crippen molar-refractivity contribution in [2.24, 2.45) is 0 Å². The molecule has 0 saturated heterocycles. The van der Waals surface area contributed by atoms with Crippen LogP contribution >= 0.6 is 0 Å². The summed E-state index contributed by atoms with van der Waals surface area (Å²) in [5, 5.41) is 15.4. The maximum Gasteiger partial charge on any atom is 0.323 e. The first-order chi connectivity index (χ1) is 16.3. The number of phenolic OH excluding ortho intramolecular Hbond substituents is 1. The molecular formula is C25H20FN3O4S. The van der Waals surface area contributed by atoms with E-state index in [0.717, 1.165) is 35.4 Å². The van der Waals surface area contributed by atoms with Gasteiger partial charge in [-0.05, 0) is 65.7 Å². The predicted molar refractivity (Wildman–Crippen MR) is 130 cm³/mol. The third-order valence-corrected chi connectivity index (χ3v) is 6.25. The Labute approximate surface area is 195 Å².